The Hall–Kier alpha value is -3.07. The summed E-state index contributed by atoms with van der Waals surface area (Å²) in [6.07, 6.45) is -0.337. The maximum atomic E-state index is 13.0. The van der Waals surface area contributed by atoms with Crippen molar-refractivity contribution in [2.75, 3.05) is 31.5 Å². The van der Waals surface area contributed by atoms with E-state index in [0.717, 1.165) is 5.69 Å². The lowest BCUT2D eigenvalue weighted by Gasteiger charge is -2.37. The molecule has 1 aliphatic heterocycles. The van der Waals surface area contributed by atoms with Crippen LogP contribution in [0.1, 0.15) is 33.4 Å². The largest absolute Gasteiger partial charge is 0.444 e. The maximum Gasteiger partial charge on any atom is 0.410 e. The molecule has 1 atom stereocenters. The van der Waals surface area contributed by atoms with Gasteiger partial charge >= 0.3 is 6.09 Å². The molecule has 174 valence electrons. The van der Waals surface area contributed by atoms with E-state index in [1.807, 2.05) is 62.9 Å². The number of ether oxygens (including phenoxy) is 1. The molecule has 0 aliphatic carbocycles. The predicted octanol–water partition coefficient (Wildman–Crippen LogP) is 2.36. The van der Waals surface area contributed by atoms with Gasteiger partial charge in [0.25, 0.3) is 5.56 Å². The number of nitrogens with zero attached hydrogens (tertiary/aromatic N) is 4. The van der Waals surface area contributed by atoms with Gasteiger partial charge in [-0.15, -0.1) is 0 Å². The first-order valence-electron chi connectivity index (χ1n) is 10.9. The van der Waals surface area contributed by atoms with Crippen LogP contribution in [0.15, 0.2) is 35.1 Å². The highest BCUT2D eigenvalue weighted by atomic mass is 16.6. The van der Waals surface area contributed by atoms with Crippen LogP contribution >= 0.6 is 0 Å². The second-order valence-electron chi connectivity index (χ2n) is 9.11. The van der Waals surface area contributed by atoms with Crippen molar-refractivity contribution >= 4 is 17.7 Å². The molecule has 0 radical (unpaired) electrons. The fourth-order valence-corrected chi connectivity index (χ4v) is 3.72. The Kier molecular flexibility index (Phi) is 6.78. The monoisotopic (exact) mass is 443 g/mol. The molecule has 2 aromatic rings. The predicted molar refractivity (Wildman–Crippen MR) is 123 cm³/mol. The zero-order chi connectivity index (χ0) is 23.6. The highest BCUT2D eigenvalue weighted by Crippen LogP contribution is 2.16. The molecular weight excluding hydrogens is 410 g/mol. The van der Waals surface area contributed by atoms with Gasteiger partial charge in [-0.1, -0.05) is 18.2 Å². The van der Waals surface area contributed by atoms with Crippen LogP contribution < -0.4 is 10.9 Å². The summed E-state index contributed by atoms with van der Waals surface area (Å²) < 4.78 is 8.70. The number of para-hydroxylation sites is 1. The van der Waals surface area contributed by atoms with Crippen molar-refractivity contribution in [1.29, 1.82) is 0 Å². The number of piperazine rings is 1. The van der Waals surface area contributed by atoms with Crippen LogP contribution in [0.25, 0.3) is 5.69 Å². The average molecular weight is 444 g/mol. The Labute approximate surface area is 188 Å². The molecular formula is C23H33N5O4. The quantitative estimate of drug-likeness (QED) is 0.784. The van der Waals surface area contributed by atoms with Crippen molar-refractivity contribution in [3.05, 3.63) is 46.4 Å². The van der Waals surface area contributed by atoms with Gasteiger partial charge < -0.3 is 15.0 Å². The van der Waals surface area contributed by atoms with Crippen molar-refractivity contribution in [3.8, 4) is 5.69 Å². The molecule has 1 aliphatic rings. The topological polar surface area (TPSA) is 88.8 Å². The Morgan fingerprint density at radius 2 is 1.66 bits per heavy atom. The molecule has 32 heavy (non-hydrogen) atoms. The van der Waals surface area contributed by atoms with E-state index in [-0.39, 0.29) is 23.2 Å². The van der Waals surface area contributed by atoms with Gasteiger partial charge in [0.2, 0.25) is 5.91 Å². The SMILES string of the molecule is Cc1c(NC(=O)C(C)N2CCN(C(=O)OC(C)(C)C)CC2)c(=O)n(-c2ccccc2)n1C. The Bertz CT molecular complexity index is 1030. The molecule has 0 bridgehead atoms. The zero-order valence-electron chi connectivity index (χ0n) is 19.7. The first-order chi connectivity index (χ1) is 15.0. The normalized spacial score (nSPS) is 16.0. The van der Waals surface area contributed by atoms with Crippen molar-refractivity contribution in [2.45, 2.75) is 46.3 Å². The minimum Gasteiger partial charge on any atom is -0.444 e. The van der Waals surface area contributed by atoms with E-state index in [4.69, 9.17) is 4.74 Å². The molecule has 1 saturated heterocycles. The van der Waals surface area contributed by atoms with Crippen molar-refractivity contribution in [3.63, 3.8) is 0 Å². The molecule has 2 heterocycles. The van der Waals surface area contributed by atoms with Gasteiger partial charge in [0.15, 0.2) is 0 Å². The molecule has 9 heteroatoms. The van der Waals surface area contributed by atoms with E-state index >= 15 is 0 Å². The highest BCUT2D eigenvalue weighted by Gasteiger charge is 2.30. The lowest BCUT2D eigenvalue weighted by atomic mass is 10.2. The van der Waals surface area contributed by atoms with Crippen LogP contribution in [0, 0.1) is 6.92 Å². The summed E-state index contributed by atoms with van der Waals surface area (Å²) in [6.45, 7) is 11.2. The number of benzene rings is 1. The van der Waals surface area contributed by atoms with Crippen LogP contribution in [-0.2, 0) is 16.6 Å². The van der Waals surface area contributed by atoms with Crippen LogP contribution in [0.2, 0.25) is 0 Å². The van der Waals surface area contributed by atoms with E-state index in [9.17, 15) is 14.4 Å². The summed E-state index contributed by atoms with van der Waals surface area (Å²) in [5, 5.41) is 2.83. The summed E-state index contributed by atoms with van der Waals surface area (Å²) in [5.74, 6) is -0.248. The molecule has 1 fully saturated rings. The molecule has 3 rings (SSSR count). The van der Waals surface area contributed by atoms with Crippen LogP contribution in [-0.4, -0.2) is 69.0 Å². The lowest BCUT2D eigenvalue weighted by molar-refractivity contribution is -0.121. The number of rotatable bonds is 4. The van der Waals surface area contributed by atoms with E-state index in [1.54, 1.807) is 23.6 Å². The first kappa shape index (κ1) is 23.6. The fraction of sp³-hybridized carbons (Fsp3) is 0.522. The summed E-state index contributed by atoms with van der Waals surface area (Å²) in [7, 11) is 1.79. The molecule has 1 aromatic carbocycles. The number of carbonyl (C=O) groups excluding carboxylic acids is 2. The van der Waals surface area contributed by atoms with E-state index in [0.29, 0.717) is 31.9 Å². The molecule has 9 nitrogen and oxygen atoms in total. The molecule has 0 spiro atoms. The number of hydrogen-bond acceptors (Lipinski definition) is 5. The third-order valence-electron chi connectivity index (χ3n) is 5.70. The van der Waals surface area contributed by atoms with Gasteiger partial charge in [0, 0.05) is 33.2 Å². The molecule has 0 saturated carbocycles. The Morgan fingerprint density at radius 3 is 2.22 bits per heavy atom. The van der Waals surface area contributed by atoms with Gasteiger partial charge in [-0.05, 0) is 46.8 Å². The average Bonchev–Trinajstić information content (AvgIpc) is 2.95. The Balaban J connectivity index is 1.66. The van der Waals surface area contributed by atoms with Crippen LogP contribution in [0.4, 0.5) is 10.5 Å². The van der Waals surface area contributed by atoms with Gasteiger partial charge in [0.05, 0.1) is 17.4 Å². The smallest absolute Gasteiger partial charge is 0.410 e. The van der Waals surface area contributed by atoms with Gasteiger partial charge in [-0.2, -0.15) is 0 Å². The molecule has 1 unspecified atom stereocenters. The number of hydrogen-bond donors (Lipinski definition) is 1. The number of aromatic nitrogens is 2. The highest BCUT2D eigenvalue weighted by molar-refractivity contribution is 5.95. The maximum absolute atomic E-state index is 13.0. The number of nitrogens with one attached hydrogen (secondary N) is 1. The molecule has 2 amide bonds. The van der Waals surface area contributed by atoms with Gasteiger partial charge in [-0.3, -0.25) is 19.2 Å². The van der Waals surface area contributed by atoms with E-state index in [2.05, 4.69) is 5.32 Å². The Morgan fingerprint density at radius 1 is 1.06 bits per heavy atom. The van der Waals surface area contributed by atoms with Crippen LogP contribution in [0.3, 0.4) is 0 Å². The number of amides is 2. The second kappa shape index (κ2) is 9.20. The summed E-state index contributed by atoms with van der Waals surface area (Å²) in [6, 6.07) is 8.86. The number of anilines is 1. The van der Waals surface area contributed by atoms with Gasteiger partial charge in [-0.25, -0.2) is 9.48 Å². The number of carbonyl (C=O) groups is 2. The van der Waals surface area contributed by atoms with Gasteiger partial charge in [0.1, 0.15) is 11.3 Å². The molecule has 1 aromatic heterocycles. The third-order valence-corrected chi connectivity index (χ3v) is 5.70. The van der Waals surface area contributed by atoms with Crippen molar-refractivity contribution < 1.29 is 14.3 Å². The minimum atomic E-state index is -0.540. The third kappa shape index (κ3) is 5.04. The standard InChI is InChI=1S/C23H33N5O4/c1-16-19(21(30)28(25(16)6)18-10-8-7-9-11-18)24-20(29)17(2)26-12-14-27(15-13-26)22(31)32-23(3,4)5/h7-11,17H,12-15H2,1-6H3,(H,24,29). The lowest BCUT2D eigenvalue weighted by Crippen LogP contribution is -2.54. The van der Waals surface area contributed by atoms with E-state index < -0.39 is 11.6 Å². The zero-order valence-corrected chi connectivity index (χ0v) is 19.7. The van der Waals surface area contributed by atoms with E-state index in [1.165, 1.54) is 4.68 Å². The fourth-order valence-electron chi connectivity index (χ4n) is 3.72. The minimum absolute atomic E-state index is 0.248. The second-order valence-corrected chi connectivity index (χ2v) is 9.11. The summed E-state index contributed by atoms with van der Waals surface area (Å²) in [4.78, 5) is 41.9. The van der Waals surface area contributed by atoms with Crippen molar-refractivity contribution in [2.24, 2.45) is 7.05 Å². The molecule has 1 N–H and O–H groups in total. The first-order valence-corrected chi connectivity index (χ1v) is 10.9. The summed E-state index contributed by atoms with van der Waals surface area (Å²) in [5.41, 5.74) is 0.873. The van der Waals surface area contributed by atoms with Crippen LogP contribution in [0.5, 0.6) is 0 Å². The summed E-state index contributed by atoms with van der Waals surface area (Å²) >= 11 is 0. The van der Waals surface area contributed by atoms with Crippen molar-refractivity contribution in [1.82, 2.24) is 19.2 Å².